The Bertz CT molecular complexity index is 387. The van der Waals surface area contributed by atoms with Crippen LogP contribution in [0.5, 0.6) is 0 Å². The van der Waals surface area contributed by atoms with E-state index in [2.05, 4.69) is 43.4 Å². The lowest BCUT2D eigenvalue weighted by Crippen LogP contribution is -2.33. The fourth-order valence-corrected chi connectivity index (χ4v) is 7.21. The lowest BCUT2D eigenvalue weighted by molar-refractivity contribution is 0.199. The highest BCUT2D eigenvalue weighted by Crippen LogP contribution is 2.51. The van der Waals surface area contributed by atoms with Crippen molar-refractivity contribution in [2.24, 2.45) is 5.92 Å². The van der Waals surface area contributed by atoms with E-state index in [9.17, 15) is 0 Å². The van der Waals surface area contributed by atoms with Crippen LogP contribution in [0.4, 0.5) is 0 Å². The van der Waals surface area contributed by atoms with Crippen LogP contribution >= 0.6 is 0 Å². The van der Waals surface area contributed by atoms with Crippen LogP contribution in [-0.2, 0) is 10.8 Å². The molecule has 0 bridgehead atoms. The van der Waals surface area contributed by atoms with Gasteiger partial charge in [-0.25, -0.2) is 0 Å². The van der Waals surface area contributed by atoms with Crippen molar-refractivity contribution >= 4 is 8.32 Å². The van der Waals surface area contributed by atoms with Crippen molar-refractivity contribution in [2.75, 3.05) is 0 Å². The first-order chi connectivity index (χ1) is 8.17. The number of hydrogen-bond donors (Lipinski definition) is 0. The van der Waals surface area contributed by atoms with E-state index in [1.807, 2.05) is 0 Å². The Morgan fingerprint density at radius 1 is 1.18 bits per heavy atom. The molecule has 1 heterocycles. The highest BCUT2D eigenvalue weighted by molar-refractivity contribution is 6.73. The van der Waals surface area contributed by atoms with Crippen molar-refractivity contribution in [1.82, 2.24) is 0 Å². The largest absolute Gasteiger partial charge is 0.414 e. The molecule has 2 fully saturated rings. The maximum Gasteiger partial charge on any atom is 0.190 e. The van der Waals surface area contributed by atoms with Gasteiger partial charge in [0, 0.05) is 6.10 Å². The van der Waals surface area contributed by atoms with Gasteiger partial charge >= 0.3 is 0 Å². The molecule has 92 valence electrons. The van der Waals surface area contributed by atoms with E-state index >= 15 is 0 Å². The van der Waals surface area contributed by atoms with Gasteiger partial charge in [-0.2, -0.15) is 0 Å². The summed E-state index contributed by atoms with van der Waals surface area (Å²) in [6.07, 6.45) is 5.93. The summed E-state index contributed by atoms with van der Waals surface area (Å²) in [6.45, 7) is 4.83. The minimum absolute atomic E-state index is 0.602. The van der Waals surface area contributed by atoms with Crippen molar-refractivity contribution < 1.29 is 4.43 Å². The Morgan fingerprint density at radius 3 is 2.71 bits per heavy atom. The van der Waals surface area contributed by atoms with Crippen molar-refractivity contribution in [2.45, 2.75) is 50.4 Å². The second-order valence-electron chi connectivity index (χ2n) is 6.15. The molecule has 0 amide bonds. The second-order valence-corrected chi connectivity index (χ2v) is 10.3. The summed E-state index contributed by atoms with van der Waals surface area (Å²) in [5, 5.41) is 0. The molecule has 0 N–H and O–H groups in total. The van der Waals surface area contributed by atoms with Gasteiger partial charge in [-0.1, -0.05) is 36.8 Å². The number of fused-ring (bicyclic) bond motifs is 1. The van der Waals surface area contributed by atoms with E-state index in [1.165, 1.54) is 31.2 Å². The summed E-state index contributed by atoms with van der Waals surface area (Å²) in [5.41, 5.74) is 2.33. The van der Waals surface area contributed by atoms with E-state index in [4.69, 9.17) is 4.43 Å². The van der Waals surface area contributed by atoms with Gasteiger partial charge in [-0.3, -0.25) is 0 Å². The topological polar surface area (TPSA) is 9.23 Å². The molecule has 1 nitrogen and oxygen atoms in total. The van der Waals surface area contributed by atoms with Crippen molar-refractivity contribution in [3.63, 3.8) is 0 Å². The maximum absolute atomic E-state index is 6.40. The molecule has 1 aliphatic carbocycles. The van der Waals surface area contributed by atoms with Gasteiger partial charge < -0.3 is 4.43 Å². The molecule has 2 aliphatic rings. The first kappa shape index (κ1) is 11.5. The molecule has 1 saturated carbocycles. The van der Waals surface area contributed by atoms with Gasteiger partial charge in [-0.15, -0.1) is 0 Å². The van der Waals surface area contributed by atoms with Crippen LogP contribution in [0.25, 0.3) is 0 Å². The third-order valence-corrected chi connectivity index (χ3v) is 8.00. The number of hydrogen-bond acceptors (Lipinski definition) is 1. The first-order valence-electron chi connectivity index (χ1n) is 6.88. The Balaban J connectivity index is 1.81. The summed E-state index contributed by atoms with van der Waals surface area (Å²) in [5.74, 6) is 0.858. The Hall–Kier alpha value is -0.603. The zero-order valence-corrected chi connectivity index (χ0v) is 11.9. The van der Waals surface area contributed by atoms with Gasteiger partial charge in [0.1, 0.15) is 0 Å². The van der Waals surface area contributed by atoms with E-state index in [1.54, 1.807) is 0 Å². The molecule has 1 unspecified atom stereocenters. The molecular weight excluding hydrogens is 224 g/mol. The molecule has 2 heteroatoms. The Morgan fingerprint density at radius 2 is 1.94 bits per heavy atom. The third kappa shape index (κ3) is 2.09. The predicted molar refractivity (Wildman–Crippen MR) is 73.6 cm³/mol. The highest BCUT2D eigenvalue weighted by atomic mass is 28.4. The highest BCUT2D eigenvalue weighted by Gasteiger charge is 2.52. The fourth-order valence-electron chi connectivity index (χ4n) is 3.82. The van der Waals surface area contributed by atoms with Crippen LogP contribution in [0.3, 0.4) is 0 Å². The molecule has 17 heavy (non-hydrogen) atoms. The summed E-state index contributed by atoms with van der Waals surface area (Å²) in [7, 11) is -1.45. The summed E-state index contributed by atoms with van der Waals surface area (Å²) < 4.78 is 6.40. The molecule has 1 aromatic carbocycles. The fraction of sp³-hybridized carbons (Fsp3) is 0.600. The zero-order valence-electron chi connectivity index (χ0n) is 10.9. The maximum atomic E-state index is 6.40. The van der Waals surface area contributed by atoms with Crippen molar-refractivity contribution in [3.05, 3.63) is 35.9 Å². The smallest absolute Gasteiger partial charge is 0.190 e. The molecule has 0 aromatic heterocycles. The van der Waals surface area contributed by atoms with E-state index in [0.717, 1.165) is 11.5 Å². The quantitative estimate of drug-likeness (QED) is 0.717. The molecule has 1 aromatic rings. The lowest BCUT2D eigenvalue weighted by atomic mass is 9.96. The van der Waals surface area contributed by atoms with Gasteiger partial charge in [0.25, 0.3) is 0 Å². The van der Waals surface area contributed by atoms with E-state index in [0.29, 0.717) is 6.10 Å². The average Bonchev–Trinajstić information content (AvgIpc) is 2.82. The summed E-state index contributed by atoms with van der Waals surface area (Å²) in [4.78, 5) is 0. The summed E-state index contributed by atoms with van der Waals surface area (Å²) >= 11 is 0. The second kappa shape index (κ2) is 4.25. The normalized spacial score (nSPS) is 34.8. The lowest BCUT2D eigenvalue weighted by Gasteiger charge is -2.26. The SMILES string of the molecule is C[Si]1(C)O[C@H]2CCC[C@H]2C1Cc1ccccc1. The number of benzene rings is 1. The van der Waals surface area contributed by atoms with Crippen LogP contribution < -0.4 is 0 Å². The van der Waals surface area contributed by atoms with Crippen LogP contribution in [-0.4, -0.2) is 14.4 Å². The Labute approximate surface area is 105 Å². The van der Waals surface area contributed by atoms with Gasteiger partial charge in [0.2, 0.25) is 0 Å². The Kier molecular flexibility index (Phi) is 2.87. The van der Waals surface area contributed by atoms with Crippen LogP contribution in [0.15, 0.2) is 30.3 Å². The standard InChI is InChI=1S/C15H22OSi/c1-17(2)15(11-12-7-4-3-5-8-12)13-9-6-10-14(13)16-17/h3-5,7-8,13-15H,6,9-11H2,1-2H3/t13-,14+,15?/m1/s1. The van der Waals surface area contributed by atoms with Gasteiger partial charge in [-0.05, 0) is 49.4 Å². The third-order valence-electron chi connectivity index (χ3n) is 4.67. The van der Waals surface area contributed by atoms with E-state index < -0.39 is 8.32 Å². The molecule has 3 rings (SSSR count). The molecule has 3 atom stereocenters. The molecular formula is C15H22OSi. The first-order valence-corrected chi connectivity index (χ1v) is 9.87. The minimum Gasteiger partial charge on any atom is -0.414 e. The molecule has 0 radical (unpaired) electrons. The van der Waals surface area contributed by atoms with Gasteiger partial charge in [0.05, 0.1) is 0 Å². The van der Waals surface area contributed by atoms with E-state index in [-0.39, 0.29) is 0 Å². The summed E-state index contributed by atoms with van der Waals surface area (Å²) in [6, 6.07) is 11.0. The molecule has 0 spiro atoms. The average molecular weight is 246 g/mol. The minimum atomic E-state index is -1.45. The zero-order chi connectivity index (χ0) is 11.9. The van der Waals surface area contributed by atoms with Crippen molar-refractivity contribution in [3.8, 4) is 0 Å². The van der Waals surface area contributed by atoms with Crippen molar-refractivity contribution in [1.29, 1.82) is 0 Å². The molecule has 1 saturated heterocycles. The van der Waals surface area contributed by atoms with Gasteiger partial charge in [0.15, 0.2) is 8.32 Å². The van der Waals surface area contributed by atoms with Crippen LogP contribution in [0.1, 0.15) is 24.8 Å². The number of rotatable bonds is 2. The monoisotopic (exact) mass is 246 g/mol. The van der Waals surface area contributed by atoms with Crippen LogP contribution in [0.2, 0.25) is 18.6 Å². The molecule has 1 aliphatic heterocycles. The predicted octanol–water partition coefficient (Wildman–Crippen LogP) is 4.00. The van der Waals surface area contributed by atoms with Crippen LogP contribution in [0, 0.1) is 5.92 Å².